The van der Waals surface area contributed by atoms with Crippen LogP contribution >= 0.6 is 11.8 Å². The zero-order valence-corrected chi connectivity index (χ0v) is 12.2. The Morgan fingerprint density at radius 2 is 2.21 bits per heavy atom. The molecule has 19 heavy (non-hydrogen) atoms. The summed E-state index contributed by atoms with van der Waals surface area (Å²) in [6.45, 7) is 3.06. The number of aliphatic hydroxyl groups excluding tert-OH is 1. The summed E-state index contributed by atoms with van der Waals surface area (Å²) in [7, 11) is 0. The average molecular weight is 288 g/mol. The van der Waals surface area contributed by atoms with E-state index in [0.29, 0.717) is 19.1 Å². The fourth-order valence-electron chi connectivity index (χ4n) is 2.58. The van der Waals surface area contributed by atoms with Crippen molar-refractivity contribution in [2.45, 2.75) is 31.4 Å². The number of carbonyl (C=O) groups excluding carboxylic acids is 1. The maximum atomic E-state index is 12.2. The number of hydrogen-bond acceptors (Lipinski definition) is 5. The minimum absolute atomic E-state index is 0.0736. The van der Waals surface area contributed by atoms with Crippen molar-refractivity contribution in [2.24, 2.45) is 0 Å². The summed E-state index contributed by atoms with van der Waals surface area (Å²) in [5, 5.41) is 12.1. The predicted molar refractivity (Wildman–Crippen MR) is 76.4 cm³/mol. The van der Waals surface area contributed by atoms with Crippen LogP contribution in [-0.4, -0.2) is 72.4 Å². The van der Waals surface area contributed by atoms with Crippen molar-refractivity contribution in [3.8, 4) is 0 Å². The molecule has 6 heteroatoms. The quantitative estimate of drug-likeness (QED) is 0.750. The normalized spacial score (nSPS) is 25.5. The Morgan fingerprint density at radius 3 is 2.84 bits per heavy atom. The molecule has 5 nitrogen and oxygen atoms in total. The maximum Gasteiger partial charge on any atom is 0.224 e. The predicted octanol–water partition coefficient (Wildman–Crippen LogP) is 0.0814. The van der Waals surface area contributed by atoms with E-state index in [1.165, 1.54) is 0 Å². The van der Waals surface area contributed by atoms with Gasteiger partial charge >= 0.3 is 0 Å². The minimum atomic E-state index is 0.0736. The molecule has 0 aliphatic carbocycles. The van der Waals surface area contributed by atoms with Crippen LogP contribution in [0.2, 0.25) is 0 Å². The second kappa shape index (κ2) is 8.09. The fraction of sp³-hybridized carbons (Fsp3) is 0.923. The van der Waals surface area contributed by atoms with Gasteiger partial charge in [-0.05, 0) is 12.8 Å². The molecular formula is C13H24N2O3S. The van der Waals surface area contributed by atoms with Crippen LogP contribution in [0.15, 0.2) is 0 Å². The molecular weight excluding hydrogens is 264 g/mol. The van der Waals surface area contributed by atoms with Gasteiger partial charge in [0.05, 0.1) is 19.3 Å². The Labute approximate surface area is 119 Å². The largest absolute Gasteiger partial charge is 0.394 e. The Morgan fingerprint density at radius 1 is 1.42 bits per heavy atom. The van der Waals surface area contributed by atoms with E-state index < -0.39 is 0 Å². The first kappa shape index (κ1) is 15.1. The van der Waals surface area contributed by atoms with E-state index in [-0.39, 0.29) is 18.6 Å². The lowest BCUT2D eigenvalue weighted by Crippen LogP contribution is -2.45. The molecule has 2 N–H and O–H groups in total. The zero-order valence-electron chi connectivity index (χ0n) is 11.3. The van der Waals surface area contributed by atoms with E-state index in [1.54, 1.807) is 0 Å². The van der Waals surface area contributed by atoms with Gasteiger partial charge in [-0.1, -0.05) is 0 Å². The molecule has 0 bridgehead atoms. The van der Waals surface area contributed by atoms with Crippen molar-refractivity contribution >= 4 is 17.7 Å². The average Bonchev–Trinajstić information content (AvgIpc) is 2.46. The lowest BCUT2D eigenvalue weighted by molar-refractivity contribution is -0.134. The number of nitrogens with one attached hydrogen (secondary N) is 1. The number of likely N-dealkylation sites (tertiary alicyclic amines) is 1. The number of ether oxygens (including phenoxy) is 1. The van der Waals surface area contributed by atoms with Crippen LogP contribution in [0.1, 0.15) is 19.3 Å². The molecule has 2 rings (SSSR count). The van der Waals surface area contributed by atoms with Crippen LogP contribution in [0, 0.1) is 0 Å². The van der Waals surface area contributed by atoms with Gasteiger partial charge < -0.3 is 20.1 Å². The summed E-state index contributed by atoms with van der Waals surface area (Å²) in [6, 6.07) is 0.342. The molecule has 1 atom stereocenters. The highest BCUT2D eigenvalue weighted by Crippen LogP contribution is 2.16. The Bertz CT molecular complexity index is 277. The fourth-order valence-corrected chi connectivity index (χ4v) is 3.53. The topological polar surface area (TPSA) is 61.8 Å². The third-order valence-corrected chi connectivity index (χ3v) is 4.79. The van der Waals surface area contributed by atoms with E-state index >= 15 is 0 Å². The van der Waals surface area contributed by atoms with Gasteiger partial charge in [0, 0.05) is 43.6 Å². The summed E-state index contributed by atoms with van der Waals surface area (Å²) >= 11 is 1.92. The first-order valence-corrected chi connectivity index (χ1v) is 8.26. The minimum Gasteiger partial charge on any atom is -0.394 e. The van der Waals surface area contributed by atoms with E-state index in [2.05, 4.69) is 5.32 Å². The van der Waals surface area contributed by atoms with E-state index in [9.17, 15) is 4.79 Å². The van der Waals surface area contributed by atoms with Crippen molar-refractivity contribution < 1.29 is 14.6 Å². The Balaban J connectivity index is 1.67. The number of nitrogens with zero attached hydrogens (tertiary/aromatic N) is 1. The molecule has 0 aromatic carbocycles. The summed E-state index contributed by atoms with van der Waals surface area (Å²) in [5.74, 6) is 2.46. The van der Waals surface area contributed by atoms with Crippen molar-refractivity contribution in [1.82, 2.24) is 10.2 Å². The molecule has 1 amide bonds. The van der Waals surface area contributed by atoms with Gasteiger partial charge in [-0.15, -0.1) is 0 Å². The molecule has 2 saturated heterocycles. The van der Waals surface area contributed by atoms with Gasteiger partial charge in [0.25, 0.3) is 0 Å². The van der Waals surface area contributed by atoms with E-state index in [4.69, 9.17) is 9.84 Å². The number of thioether (sulfide) groups is 1. The SMILES string of the molecule is O=C(CC1CSCCN1)N1CCC(OCCO)CC1. The third-order valence-electron chi connectivity index (χ3n) is 3.66. The second-order valence-corrected chi connectivity index (χ2v) is 6.25. The summed E-state index contributed by atoms with van der Waals surface area (Å²) in [6.07, 6.45) is 2.60. The first-order valence-electron chi connectivity index (χ1n) is 7.11. The van der Waals surface area contributed by atoms with Gasteiger partial charge in [-0.3, -0.25) is 4.79 Å². The van der Waals surface area contributed by atoms with Crippen molar-refractivity contribution in [2.75, 3.05) is 44.4 Å². The highest BCUT2D eigenvalue weighted by Gasteiger charge is 2.25. The number of piperidine rings is 1. The van der Waals surface area contributed by atoms with E-state index in [0.717, 1.165) is 44.0 Å². The van der Waals surface area contributed by atoms with E-state index in [1.807, 2.05) is 16.7 Å². The molecule has 0 spiro atoms. The van der Waals surface area contributed by atoms with Crippen molar-refractivity contribution in [1.29, 1.82) is 0 Å². The molecule has 0 radical (unpaired) electrons. The zero-order chi connectivity index (χ0) is 13.5. The number of rotatable bonds is 5. The maximum absolute atomic E-state index is 12.2. The number of hydrogen-bond donors (Lipinski definition) is 2. The van der Waals surface area contributed by atoms with Crippen molar-refractivity contribution in [3.05, 3.63) is 0 Å². The van der Waals surface area contributed by atoms with Crippen LogP contribution < -0.4 is 5.32 Å². The van der Waals surface area contributed by atoms with Gasteiger partial charge in [0.2, 0.25) is 5.91 Å². The molecule has 0 saturated carbocycles. The second-order valence-electron chi connectivity index (χ2n) is 5.10. The molecule has 0 aromatic heterocycles. The van der Waals surface area contributed by atoms with Crippen LogP contribution in [0.4, 0.5) is 0 Å². The number of aliphatic hydroxyl groups is 1. The lowest BCUT2D eigenvalue weighted by Gasteiger charge is -2.33. The summed E-state index contributed by atoms with van der Waals surface area (Å²) in [4.78, 5) is 14.1. The molecule has 2 fully saturated rings. The number of amides is 1. The highest BCUT2D eigenvalue weighted by molar-refractivity contribution is 7.99. The van der Waals surface area contributed by atoms with Gasteiger partial charge in [-0.2, -0.15) is 11.8 Å². The van der Waals surface area contributed by atoms with Crippen LogP contribution in [0.3, 0.4) is 0 Å². The van der Waals surface area contributed by atoms with Gasteiger partial charge in [-0.25, -0.2) is 0 Å². The third kappa shape index (κ3) is 4.95. The smallest absolute Gasteiger partial charge is 0.224 e. The molecule has 2 heterocycles. The molecule has 110 valence electrons. The molecule has 2 aliphatic heterocycles. The monoisotopic (exact) mass is 288 g/mol. The summed E-state index contributed by atoms with van der Waals surface area (Å²) < 4.78 is 5.51. The van der Waals surface area contributed by atoms with Gasteiger partial charge in [0.1, 0.15) is 0 Å². The molecule has 2 aliphatic rings. The van der Waals surface area contributed by atoms with Crippen LogP contribution in [0.5, 0.6) is 0 Å². The molecule has 0 aromatic rings. The Hall–Kier alpha value is -0.300. The van der Waals surface area contributed by atoms with Crippen LogP contribution in [0.25, 0.3) is 0 Å². The number of carbonyl (C=O) groups is 1. The van der Waals surface area contributed by atoms with Gasteiger partial charge in [0.15, 0.2) is 0 Å². The molecule has 1 unspecified atom stereocenters. The van der Waals surface area contributed by atoms with Crippen LogP contribution in [-0.2, 0) is 9.53 Å². The Kier molecular flexibility index (Phi) is 6.43. The first-order chi connectivity index (χ1) is 9.29. The summed E-state index contributed by atoms with van der Waals surface area (Å²) in [5.41, 5.74) is 0. The highest BCUT2D eigenvalue weighted by atomic mass is 32.2. The standard InChI is InChI=1S/C13H24N2O3S/c16-6-7-18-12-1-4-15(5-2-12)13(17)9-11-10-19-8-3-14-11/h11-12,14,16H,1-10H2. The van der Waals surface area contributed by atoms with Crippen molar-refractivity contribution in [3.63, 3.8) is 0 Å². The lowest BCUT2D eigenvalue weighted by atomic mass is 10.1.